The summed E-state index contributed by atoms with van der Waals surface area (Å²) >= 11 is 0. The first-order valence-electron chi connectivity index (χ1n) is 7.18. The lowest BCUT2D eigenvalue weighted by Crippen LogP contribution is -2.24. The van der Waals surface area contributed by atoms with Gasteiger partial charge in [-0.25, -0.2) is 0 Å². The third-order valence-corrected chi connectivity index (χ3v) is 3.34. The second-order valence-electron chi connectivity index (χ2n) is 5.24. The van der Waals surface area contributed by atoms with Crippen molar-refractivity contribution in [2.24, 2.45) is 0 Å². The van der Waals surface area contributed by atoms with Crippen LogP contribution in [0.5, 0.6) is 0 Å². The van der Waals surface area contributed by atoms with Crippen molar-refractivity contribution < 1.29 is 4.79 Å². The van der Waals surface area contributed by atoms with E-state index in [1.807, 2.05) is 74.4 Å². The van der Waals surface area contributed by atoms with E-state index in [1.54, 1.807) is 0 Å². The molecule has 2 rings (SSSR count). The zero-order chi connectivity index (χ0) is 15.9. The van der Waals surface area contributed by atoms with E-state index in [1.165, 1.54) is 0 Å². The molecule has 0 aromatic heterocycles. The molecule has 0 radical (unpaired) electrons. The third-order valence-electron chi connectivity index (χ3n) is 3.34. The van der Waals surface area contributed by atoms with Crippen LogP contribution in [-0.4, -0.2) is 26.5 Å². The molecule has 0 aliphatic heterocycles. The number of benzene rings is 2. The second-order valence-corrected chi connectivity index (χ2v) is 5.24. The summed E-state index contributed by atoms with van der Waals surface area (Å²) in [6.07, 6.45) is 0. The van der Waals surface area contributed by atoms with Crippen LogP contribution in [0.1, 0.15) is 21.5 Å². The minimum absolute atomic E-state index is 0.0876. The summed E-state index contributed by atoms with van der Waals surface area (Å²) in [6, 6.07) is 15.5. The molecule has 3 nitrogen and oxygen atoms in total. The van der Waals surface area contributed by atoms with Gasteiger partial charge < -0.3 is 10.2 Å². The molecule has 0 saturated heterocycles. The van der Waals surface area contributed by atoms with E-state index in [2.05, 4.69) is 17.2 Å². The number of carbonyl (C=O) groups is 1. The summed E-state index contributed by atoms with van der Waals surface area (Å²) < 4.78 is 0. The van der Waals surface area contributed by atoms with Gasteiger partial charge in [0.05, 0.1) is 6.54 Å². The molecule has 0 atom stereocenters. The molecule has 3 heteroatoms. The van der Waals surface area contributed by atoms with Crippen LogP contribution in [0.4, 0.5) is 5.69 Å². The van der Waals surface area contributed by atoms with Crippen LogP contribution in [0.2, 0.25) is 0 Å². The van der Waals surface area contributed by atoms with E-state index in [0.29, 0.717) is 12.1 Å². The van der Waals surface area contributed by atoms with Crippen LogP contribution in [-0.2, 0) is 0 Å². The predicted octanol–water partition coefficient (Wildman–Crippen LogP) is 2.84. The molecule has 1 N–H and O–H groups in total. The highest BCUT2D eigenvalue weighted by molar-refractivity contribution is 5.95. The van der Waals surface area contributed by atoms with Crippen molar-refractivity contribution in [2.45, 2.75) is 6.92 Å². The SMILES string of the molecule is Cc1ccccc1C(=O)NCC#Cc1ccc(N(C)C)cc1. The molecule has 2 aromatic carbocycles. The average Bonchev–Trinajstić information content (AvgIpc) is 2.52. The molecular weight excluding hydrogens is 272 g/mol. The van der Waals surface area contributed by atoms with Crippen molar-refractivity contribution in [1.82, 2.24) is 5.32 Å². The Morgan fingerprint density at radius 1 is 1.09 bits per heavy atom. The van der Waals surface area contributed by atoms with Crippen molar-refractivity contribution in [3.63, 3.8) is 0 Å². The normalized spacial score (nSPS) is 9.59. The van der Waals surface area contributed by atoms with Gasteiger partial charge in [-0.05, 0) is 42.8 Å². The van der Waals surface area contributed by atoms with Gasteiger partial charge in [0.15, 0.2) is 0 Å². The third kappa shape index (κ3) is 4.13. The lowest BCUT2D eigenvalue weighted by molar-refractivity contribution is 0.0958. The molecule has 1 amide bonds. The molecule has 0 aliphatic carbocycles. The highest BCUT2D eigenvalue weighted by Gasteiger charge is 2.05. The van der Waals surface area contributed by atoms with E-state index in [0.717, 1.165) is 16.8 Å². The van der Waals surface area contributed by atoms with E-state index in [4.69, 9.17) is 0 Å². The van der Waals surface area contributed by atoms with Crippen LogP contribution in [0.3, 0.4) is 0 Å². The molecule has 0 unspecified atom stereocenters. The number of hydrogen-bond donors (Lipinski definition) is 1. The number of nitrogens with zero attached hydrogens (tertiary/aromatic N) is 1. The summed E-state index contributed by atoms with van der Waals surface area (Å²) in [5.74, 6) is 5.94. The van der Waals surface area contributed by atoms with Gasteiger partial charge in [0.2, 0.25) is 0 Å². The Bertz CT molecular complexity index is 706. The Kier molecular flexibility index (Phi) is 5.21. The van der Waals surface area contributed by atoms with Crippen LogP contribution in [0.25, 0.3) is 0 Å². The lowest BCUT2D eigenvalue weighted by atomic mass is 10.1. The van der Waals surface area contributed by atoms with Crippen molar-refractivity contribution >= 4 is 11.6 Å². The van der Waals surface area contributed by atoms with E-state index >= 15 is 0 Å². The van der Waals surface area contributed by atoms with Crippen LogP contribution in [0, 0.1) is 18.8 Å². The van der Waals surface area contributed by atoms with Crippen LogP contribution < -0.4 is 10.2 Å². The summed E-state index contributed by atoms with van der Waals surface area (Å²) in [5.41, 5.74) is 3.74. The Balaban J connectivity index is 1.92. The predicted molar refractivity (Wildman–Crippen MR) is 91.2 cm³/mol. The standard InChI is InChI=1S/C19H20N2O/c1-15-7-4-5-9-18(15)19(22)20-14-6-8-16-10-12-17(13-11-16)21(2)3/h4-5,7,9-13H,14H2,1-3H3,(H,20,22). The van der Waals surface area contributed by atoms with E-state index in [9.17, 15) is 4.79 Å². The highest BCUT2D eigenvalue weighted by atomic mass is 16.1. The second kappa shape index (κ2) is 7.33. The first-order chi connectivity index (χ1) is 10.6. The van der Waals surface area contributed by atoms with Crippen LogP contribution in [0.15, 0.2) is 48.5 Å². The molecule has 0 spiro atoms. The molecular formula is C19H20N2O. The van der Waals surface area contributed by atoms with Crippen molar-refractivity contribution in [1.29, 1.82) is 0 Å². The van der Waals surface area contributed by atoms with E-state index < -0.39 is 0 Å². The number of rotatable bonds is 3. The topological polar surface area (TPSA) is 32.3 Å². The van der Waals surface area contributed by atoms with Crippen molar-refractivity contribution in [3.05, 3.63) is 65.2 Å². The van der Waals surface area contributed by atoms with Gasteiger partial charge in [-0.15, -0.1) is 0 Å². The molecule has 0 bridgehead atoms. The van der Waals surface area contributed by atoms with E-state index in [-0.39, 0.29) is 5.91 Å². The Hall–Kier alpha value is -2.73. The van der Waals surface area contributed by atoms with Crippen molar-refractivity contribution in [3.8, 4) is 11.8 Å². The minimum Gasteiger partial charge on any atom is -0.378 e. The Labute approximate surface area is 132 Å². The lowest BCUT2D eigenvalue weighted by Gasteiger charge is -2.11. The summed E-state index contributed by atoms with van der Waals surface area (Å²) in [5, 5.41) is 2.82. The van der Waals surface area contributed by atoms with Gasteiger partial charge in [-0.1, -0.05) is 30.0 Å². The molecule has 0 heterocycles. The average molecular weight is 292 g/mol. The maximum atomic E-state index is 12.0. The zero-order valence-electron chi connectivity index (χ0n) is 13.2. The maximum absolute atomic E-state index is 12.0. The zero-order valence-corrected chi connectivity index (χ0v) is 13.2. The number of anilines is 1. The number of amides is 1. The van der Waals surface area contributed by atoms with Crippen molar-refractivity contribution in [2.75, 3.05) is 25.5 Å². The highest BCUT2D eigenvalue weighted by Crippen LogP contribution is 2.11. The molecule has 2 aromatic rings. The Morgan fingerprint density at radius 2 is 1.77 bits per heavy atom. The maximum Gasteiger partial charge on any atom is 0.252 e. The van der Waals surface area contributed by atoms with Gasteiger partial charge in [-0.3, -0.25) is 4.79 Å². The number of hydrogen-bond acceptors (Lipinski definition) is 2. The molecule has 0 saturated carbocycles. The fourth-order valence-electron chi connectivity index (χ4n) is 2.04. The monoisotopic (exact) mass is 292 g/mol. The Morgan fingerprint density at radius 3 is 2.41 bits per heavy atom. The molecule has 0 fully saturated rings. The number of carbonyl (C=O) groups excluding carboxylic acids is 1. The summed E-state index contributed by atoms with van der Waals surface area (Å²) in [6.45, 7) is 2.26. The van der Waals surface area contributed by atoms with Gasteiger partial charge in [0.1, 0.15) is 0 Å². The quantitative estimate of drug-likeness (QED) is 0.882. The fourth-order valence-corrected chi connectivity index (χ4v) is 2.04. The largest absolute Gasteiger partial charge is 0.378 e. The first-order valence-corrected chi connectivity index (χ1v) is 7.18. The first kappa shape index (κ1) is 15.7. The minimum atomic E-state index is -0.0876. The number of aryl methyl sites for hydroxylation is 1. The van der Waals surface area contributed by atoms with Gasteiger partial charge >= 0.3 is 0 Å². The summed E-state index contributed by atoms with van der Waals surface area (Å²) in [4.78, 5) is 14.1. The summed E-state index contributed by atoms with van der Waals surface area (Å²) in [7, 11) is 4.00. The van der Waals surface area contributed by atoms with Gasteiger partial charge in [-0.2, -0.15) is 0 Å². The molecule has 22 heavy (non-hydrogen) atoms. The smallest absolute Gasteiger partial charge is 0.252 e. The van der Waals surface area contributed by atoms with Gasteiger partial charge in [0.25, 0.3) is 5.91 Å². The van der Waals surface area contributed by atoms with Crippen LogP contribution >= 0.6 is 0 Å². The van der Waals surface area contributed by atoms with Gasteiger partial charge in [0, 0.05) is 30.9 Å². The molecule has 0 aliphatic rings. The fraction of sp³-hybridized carbons (Fsp3) is 0.211. The molecule has 112 valence electrons. The number of nitrogens with one attached hydrogen (secondary N) is 1.